The summed E-state index contributed by atoms with van der Waals surface area (Å²) in [5.74, 6) is 0. The lowest BCUT2D eigenvalue weighted by Gasteiger charge is -2.05. The van der Waals surface area contributed by atoms with Gasteiger partial charge in [0.15, 0.2) is 4.90 Å². The standard InChI is InChI=1S/C16H12N2OS/c1-9-5-10(2)7-11(6-9)14-13-12-3-4-19-16(12)20-15(13)18-8-17-14/h3-8H,1-2H3. The summed E-state index contributed by atoms with van der Waals surface area (Å²) in [7, 11) is 0. The van der Waals surface area contributed by atoms with Crippen LogP contribution in [-0.2, 0) is 0 Å². The summed E-state index contributed by atoms with van der Waals surface area (Å²) in [6.45, 7) is 4.21. The Bertz CT molecular complexity index is 916. The van der Waals surface area contributed by atoms with Gasteiger partial charge in [-0.05, 0) is 32.0 Å². The van der Waals surface area contributed by atoms with Crippen LogP contribution in [0, 0.1) is 13.8 Å². The van der Waals surface area contributed by atoms with Gasteiger partial charge >= 0.3 is 0 Å². The number of furan rings is 1. The number of aromatic nitrogens is 2. The summed E-state index contributed by atoms with van der Waals surface area (Å²) < 4.78 is 5.49. The van der Waals surface area contributed by atoms with Crippen LogP contribution in [0.15, 0.2) is 41.3 Å². The maximum Gasteiger partial charge on any atom is 0.190 e. The lowest BCUT2D eigenvalue weighted by Crippen LogP contribution is -1.88. The largest absolute Gasteiger partial charge is 0.454 e. The molecule has 0 aliphatic rings. The molecule has 1 aromatic carbocycles. The summed E-state index contributed by atoms with van der Waals surface area (Å²) in [5, 5.41) is 2.19. The number of aryl methyl sites for hydroxylation is 2. The molecule has 0 amide bonds. The van der Waals surface area contributed by atoms with Crippen LogP contribution in [0.25, 0.3) is 31.8 Å². The Hall–Kier alpha value is -2.20. The van der Waals surface area contributed by atoms with E-state index in [0.717, 1.165) is 31.8 Å². The third-order valence-electron chi connectivity index (χ3n) is 3.40. The molecule has 0 N–H and O–H groups in total. The third-order valence-corrected chi connectivity index (χ3v) is 4.40. The van der Waals surface area contributed by atoms with E-state index in [2.05, 4.69) is 42.0 Å². The van der Waals surface area contributed by atoms with Gasteiger partial charge in [0.05, 0.1) is 12.0 Å². The molecule has 0 bridgehead atoms. The maximum absolute atomic E-state index is 5.49. The highest BCUT2D eigenvalue weighted by molar-refractivity contribution is 7.24. The van der Waals surface area contributed by atoms with Crippen molar-refractivity contribution in [2.24, 2.45) is 0 Å². The van der Waals surface area contributed by atoms with Gasteiger partial charge in [0.2, 0.25) is 0 Å². The first kappa shape index (κ1) is 11.6. The fourth-order valence-electron chi connectivity index (χ4n) is 2.67. The first-order valence-corrected chi connectivity index (χ1v) is 7.23. The summed E-state index contributed by atoms with van der Waals surface area (Å²) in [6, 6.07) is 8.49. The molecule has 4 aromatic rings. The van der Waals surface area contributed by atoms with E-state index in [-0.39, 0.29) is 0 Å². The minimum Gasteiger partial charge on any atom is -0.454 e. The topological polar surface area (TPSA) is 38.9 Å². The molecular weight excluding hydrogens is 268 g/mol. The Morgan fingerprint density at radius 2 is 1.85 bits per heavy atom. The molecule has 0 unspecified atom stereocenters. The Kier molecular flexibility index (Phi) is 2.41. The lowest BCUT2D eigenvalue weighted by molar-refractivity contribution is 0.624. The van der Waals surface area contributed by atoms with E-state index < -0.39 is 0 Å². The Morgan fingerprint density at radius 3 is 2.65 bits per heavy atom. The predicted molar refractivity (Wildman–Crippen MR) is 82.1 cm³/mol. The van der Waals surface area contributed by atoms with E-state index in [1.807, 2.05) is 6.07 Å². The van der Waals surface area contributed by atoms with E-state index >= 15 is 0 Å². The molecule has 3 heterocycles. The molecule has 0 saturated carbocycles. The number of benzene rings is 1. The zero-order valence-electron chi connectivity index (χ0n) is 11.2. The van der Waals surface area contributed by atoms with Crippen molar-refractivity contribution in [2.45, 2.75) is 13.8 Å². The van der Waals surface area contributed by atoms with Crippen LogP contribution in [0.2, 0.25) is 0 Å². The molecule has 20 heavy (non-hydrogen) atoms. The Morgan fingerprint density at radius 1 is 1.05 bits per heavy atom. The average molecular weight is 280 g/mol. The van der Waals surface area contributed by atoms with Gasteiger partial charge in [-0.25, -0.2) is 9.97 Å². The SMILES string of the molecule is Cc1cc(C)cc(-c2ncnc3sc4occc4c23)c1. The fraction of sp³-hybridized carbons (Fsp3) is 0.125. The highest BCUT2D eigenvalue weighted by Crippen LogP contribution is 2.38. The summed E-state index contributed by atoms with van der Waals surface area (Å²) in [6.07, 6.45) is 3.35. The Labute approximate surface area is 119 Å². The minimum absolute atomic E-state index is 0.908. The monoisotopic (exact) mass is 280 g/mol. The smallest absolute Gasteiger partial charge is 0.190 e. The van der Waals surface area contributed by atoms with E-state index in [9.17, 15) is 0 Å². The highest BCUT2D eigenvalue weighted by atomic mass is 32.1. The molecule has 98 valence electrons. The van der Waals surface area contributed by atoms with E-state index in [4.69, 9.17) is 4.42 Å². The van der Waals surface area contributed by atoms with Crippen molar-refractivity contribution in [2.75, 3.05) is 0 Å². The first-order chi connectivity index (χ1) is 9.72. The second kappa shape index (κ2) is 4.15. The van der Waals surface area contributed by atoms with Crippen molar-refractivity contribution in [3.8, 4) is 11.3 Å². The van der Waals surface area contributed by atoms with Crippen molar-refractivity contribution in [1.82, 2.24) is 9.97 Å². The number of hydrogen-bond donors (Lipinski definition) is 0. The molecule has 0 spiro atoms. The quantitative estimate of drug-likeness (QED) is 0.506. The number of thiophene rings is 1. The molecule has 4 rings (SSSR count). The van der Waals surface area contributed by atoms with Gasteiger partial charge in [0.25, 0.3) is 0 Å². The van der Waals surface area contributed by atoms with Crippen molar-refractivity contribution >= 4 is 31.8 Å². The maximum atomic E-state index is 5.49. The predicted octanol–water partition coefficient (Wildman–Crippen LogP) is 4.72. The lowest BCUT2D eigenvalue weighted by atomic mass is 10.0. The average Bonchev–Trinajstić information content (AvgIpc) is 2.96. The van der Waals surface area contributed by atoms with Crippen LogP contribution in [0.5, 0.6) is 0 Å². The molecule has 0 aliphatic heterocycles. The van der Waals surface area contributed by atoms with Gasteiger partial charge in [-0.2, -0.15) is 0 Å². The van der Waals surface area contributed by atoms with Crippen LogP contribution in [-0.4, -0.2) is 9.97 Å². The molecule has 3 nitrogen and oxygen atoms in total. The molecular formula is C16H12N2OS. The number of fused-ring (bicyclic) bond motifs is 3. The highest BCUT2D eigenvalue weighted by Gasteiger charge is 2.15. The van der Waals surface area contributed by atoms with Crippen LogP contribution in [0.4, 0.5) is 0 Å². The zero-order valence-corrected chi connectivity index (χ0v) is 12.0. The molecule has 0 fully saturated rings. The summed E-state index contributed by atoms with van der Waals surface area (Å²) >= 11 is 1.57. The van der Waals surface area contributed by atoms with Crippen molar-refractivity contribution in [3.05, 3.63) is 48.0 Å². The Balaban J connectivity index is 2.12. The molecule has 3 aromatic heterocycles. The van der Waals surface area contributed by atoms with E-state index in [0.29, 0.717) is 0 Å². The third kappa shape index (κ3) is 1.65. The first-order valence-electron chi connectivity index (χ1n) is 6.42. The molecule has 0 atom stereocenters. The molecule has 0 saturated heterocycles. The van der Waals surface area contributed by atoms with Crippen molar-refractivity contribution in [3.63, 3.8) is 0 Å². The number of hydrogen-bond acceptors (Lipinski definition) is 4. The molecule has 0 radical (unpaired) electrons. The van der Waals surface area contributed by atoms with Crippen molar-refractivity contribution < 1.29 is 4.42 Å². The van der Waals surface area contributed by atoms with Gasteiger partial charge in [-0.1, -0.05) is 28.5 Å². The molecule has 0 aliphatic carbocycles. The van der Waals surface area contributed by atoms with Gasteiger partial charge in [-0.3, -0.25) is 0 Å². The normalized spacial score (nSPS) is 11.5. The van der Waals surface area contributed by atoms with E-state index in [1.54, 1.807) is 23.9 Å². The fourth-order valence-corrected chi connectivity index (χ4v) is 3.64. The second-order valence-corrected chi connectivity index (χ2v) is 5.96. The van der Waals surface area contributed by atoms with Crippen LogP contribution >= 0.6 is 11.3 Å². The minimum atomic E-state index is 0.908. The van der Waals surface area contributed by atoms with Gasteiger partial charge in [0, 0.05) is 16.3 Å². The van der Waals surface area contributed by atoms with Gasteiger partial charge in [0.1, 0.15) is 11.2 Å². The zero-order chi connectivity index (χ0) is 13.7. The molecule has 4 heteroatoms. The second-order valence-electron chi connectivity index (χ2n) is 5.00. The van der Waals surface area contributed by atoms with Crippen LogP contribution in [0.1, 0.15) is 11.1 Å². The van der Waals surface area contributed by atoms with E-state index in [1.165, 1.54) is 11.1 Å². The summed E-state index contributed by atoms with van der Waals surface area (Å²) in [5.41, 5.74) is 4.60. The number of nitrogens with zero attached hydrogens (tertiary/aromatic N) is 2. The summed E-state index contributed by atoms with van der Waals surface area (Å²) in [4.78, 5) is 10.8. The van der Waals surface area contributed by atoms with Gasteiger partial charge in [-0.15, -0.1) is 0 Å². The van der Waals surface area contributed by atoms with Crippen LogP contribution < -0.4 is 0 Å². The van der Waals surface area contributed by atoms with Crippen molar-refractivity contribution in [1.29, 1.82) is 0 Å². The van der Waals surface area contributed by atoms with Crippen LogP contribution in [0.3, 0.4) is 0 Å². The number of rotatable bonds is 1. The van der Waals surface area contributed by atoms with Gasteiger partial charge < -0.3 is 4.42 Å².